The first kappa shape index (κ1) is 16.3. The molecule has 0 aromatic rings. The van der Waals surface area contributed by atoms with E-state index in [4.69, 9.17) is 0 Å². The van der Waals surface area contributed by atoms with Crippen molar-refractivity contribution in [2.45, 2.75) is 84.5 Å². The monoisotopic (exact) mass is 240 g/mol. The molecular formula is C15H28O2. The molecule has 0 rings (SSSR count). The fourth-order valence-electron chi connectivity index (χ4n) is 1.94. The Balaban J connectivity index is 3.19. The summed E-state index contributed by atoms with van der Waals surface area (Å²) in [5.41, 5.74) is 0. The lowest BCUT2D eigenvalue weighted by atomic mass is 10.0. The molecule has 0 amide bonds. The molecule has 0 radical (unpaired) electrons. The van der Waals surface area contributed by atoms with Gasteiger partial charge in [0.25, 0.3) is 0 Å². The van der Waals surface area contributed by atoms with Crippen LogP contribution in [0.25, 0.3) is 0 Å². The van der Waals surface area contributed by atoms with E-state index in [-0.39, 0.29) is 5.78 Å². The van der Waals surface area contributed by atoms with Gasteiger partial charge in [0.1, 0.15) is 11.6 Å². The van der Waals surface area contributed by atoms with Crippen LogP contribution in [0.1, 0.15) is 84.5 Å². The highest BCUT2D eigenvalue weighted by atomic mass is 16.1. The molecule has 0 heterocycles. The first-order valence-electron chi connectivity index (χ1n) is 7.18. The van der Waals surface area contributed by atoms with Crippen molar-refractivity contribution in [1.29, 1.82) is 0 Å². The Labute approximate surface area is 106 Å². The molecule has 17 heavy (non-hydrogen) atoms. The van der Waals surface area contributed by atoms with E-state index in [1.165, 1.54) is 38.5 Å². The van der Waals surface area contributed by atoms with Crippen molar-refractivity contribution in [2.24, 2.45) is 0 Å². The summed E-state index contributed by atoms with van der Waals surface area (Å²) in [4.78, 5) is 22.1. The lowest BCUT2D eigenvalue weighted by molar-refractivity contribution is -0.119. The molecule has 0 unspecified atom stereocenters. The van der Waals surface area contributed by atoms with Gasteiger partial charge in [0, 0.05) is 19.3 Å². The van der Waals surface area contributed by atoms with Crippen LogP contribution in [0.15, 0.2) is 0 Å². The third-order valence-corrected chi connectivity index (χ3v) is 3.04. The maximum Gasteiger partial charge on any atom is 0.132 e. The Hall–Kier alpha value is -0.660. The van der Waals surface area contributed by atoms with Crippen molar-refractivity contribution in [3.05, 3.63) is 0 Å². The van der Waals surface area contributed by atoms with E-state index < -0.39 is 0 Å². The highest BCUT2D eigenvalue weighted by molar-refractivity contribution is 5.80. The maximum atomic E-state index is 11.4. The van der Waals surface area contributed by atoms with Crippen molar-refractivity contribution < 1.29 is 9.59 Å². The molecule has 100 valence electrons. The number of rotatable bonds is 12. The molecule has 2 heteroatoms. The third kappa shape index (κ3) is 13.3. The Morgan fingerprint density at radius 2 is 1.24 bits per heavy atom. The van der Waals surface area contributed by atoms with Gasteiger partial charge in [-0.3, -0.25) is 4.79 Å². The van der Waals surface area contributed by atoms with E-state index in [1.807, 2.05) is 0 Å². The zero-order valence-corrected chi connectivity index (χ0v) is 11.6. The molecular weight excluding hydrogens is 212 g/mol. The van der Waals surface area contributed by atoms with Crippen LogP contribution in [-0.4, -0.2) is 11.6 Å². The van der Waals surface area contributed by atoms with Crippen LogP contribution < -0.4 is 0 Å². The molecule has 0 aromatic heterocycles. The number of carbonyl (C=O) groups excluding carboxylic acids is 2. The van der Waals surface area contributed by atoms with E-state index in [0.717, 1.165) is 12.8 Å². The molecule has 0 aromatic carbocycles. The molecule has 0 fully saturated rings. The zero-order chi connectivity index (χ0) is 12.9. The summed E-state index contributed by atoms with van der Waals surface area (Å²) in [5.74, 6) is 0.522. The number of unbranched alkanes of at least 4 members (excludes halogenated alkanes) is 6. The molecule has 0 spiro atoms. The van der Waals surface area contributed by atoms with Crippen molar-refractivity contribution in [2.75, 3.05) is 0 Å². The molecule has 0 aliphatic carbocycles. The first-order chi connectivity index (χ1) is 8.16. The quantitative estimate of drug-likeness (QED) is 0.472. The van der Waals surface area contributed by atoms with Gasteiger partial charge >= 0.3 is 0 Å². The minimum atomic E-state index is 0.189. The predicted molar refractivity (Wildman–Crippen MR) is 72.1 cm³/mol. The average Bonchev–Trinajstić information content (AvgIpc) is 2.27. The van der Waals surface area contributed by atoms with Gasteiger partial charge in [-0.05, 0) is 19.8 Å². The maximum absolute atomic E-state index is 11.4. The van der Waals surface area contributed by atoms with Crippen molar-refractivity contribution in [3.8, 4) is 0 Å². The number of hydrogen-bond acceptors (Lipinski definition) is 2. The van der Waals surface area contributed by atoms with Gasteiger partial charge in [-0.15, -0.1) is 0 Å². The summed E-state index contributed by atoms with van der Waals surface area (Å²) in [6.07, 6.45) is 11.4. The Bertz CT molecular complexity index is 209. The summed E-state index contributed by atoms with van der Waals surface area (Å²) < 4.78 is 0. The number of Topliss-reactive ketones (excluding diaryl/α,β-unsaturated/α-hetero) is 2. The summed E-state index contributed by atoms with van der Waals surface area (Å²) in [5, 5.41) is 0. The van der Waals surface area contributed by atoms with Gasteiger partial charge in [-0.1, -0.05) is 45.4 Å². The average molecular weight is 240 g/mol. The van der Waals surface area contributed by atoms with Crippen LogP contribution in [0.5, 0.6) is 0 Å². The minimum Gasteiger partial charge on any atom is -0.300 e. The fourth-order valence-corrected chi connectivity index (χ4v) is 1.94. The van der Waals surface area contributed by atoms with E-state index in [1.54, 1.807) is 6.92 Å². The second-order valence-corrected chi connectivity index (χ2v) is 4.97. The van der Waals surface area contributed by atoms with E-state index in [9.17, 15) is 9.59 Å². The molecule has 0 saturated carbocycles. The minimum absolute atomic E-state index is 0.189. The summed E-state index contributed by atoms with van der Waals surface area (Å²) in [6, 6.07) is 0. The number of hydrogen-bond donors (Lipinski definition) is 0. The summed E-state index contributed by atoms with van der Waals surface area (Å²) in [6.45, 7) is 3.81. The second-order valence-electron chi connectivity index (χ2n) is 4.97. The second kappa shape index (κ2) is 11.8. The van der Waals surface area contributed by atoms with Gasteiger partial charge in [-0.25, -0.2) is 0 Å². The van der Waals surface area contributed by atoms with Crippen molar-refractivity contribution in [3.63, 3.8) is 0 Å². The highest BCUT2D eigenvalue weighted by Crippen LogP contribution is 2.10. The van der Waals surface area contributed by atoms with E-state index in [0.29, 0.717) is 25.0 Å². The SMILES string of the molecule is CCCCCCCCCC(=O)CCCC(C)=O. The summed E-state index contributed by atoms with van der Waals surface area (Å²) in [7, 11) is 0. The van der Waals surface area contributed by atoms with Crippen molar-refractivity contribution >= 4 is 11.6 Å². The Kier molecular flexibility index (Phi) is 11.4. The van der Waals surface area contributed by atoms with Crippen LogP contribution in [0.4, 0.5) is 0 Å². The third-order valence-electron chi connectivity index (χ3n) is 3.04. The van der Waals surface area contributed by atoms with E-state index >= 15 is 0 Å². The molecule has 0 N–H and O–H groups in total. The Morgan fingerprint density at radius 3 is 1.82 bits per heavy atom. The van der Waals surface area contributed by atoms with E-state index in [2.05, 4.69) is 6.92 Å². The number of carbonyl (C=O) groups is 2. The molecule has 0 saturated heterocycles. The standard InChI is InChI=1S/C15H28O2/c1-3-4-5-6-7-8-9-12-15(17)13-10-11-14(2)16/h3-13H2,1-2H3. The van der Waals surface area contributed by atoms with Gasteiger partial charge in [0.2, 0.25) is 0 Å². The van der Waals surface area contributed by atoms with Crippen LogP contribution in [0, 0.1) is 0 Å². The largest absolute Gasteiger partial charge is 0.300 e. The topological polar surface area (TPSA) is 34.1 Å². The molecule has 0 atom stereocenters. The van der Waals surface area contributed by atoms with Gasteiger partial charge in [-0.2, -0.15) is 0 Å². The first-order valence-corrected chi connectivity index (χ1v) is 7.18. The van der Waals surface area contributed by atoms with Crippen LogP contribution in [0.3, 0.4) is 0 Å². The van der Waals surface area contributed by atoms with Crippen LogP contribution in [-0.2, 0) is 9.59 Å². The normalized spacial score (nSPS) is 10.5. The fraction of sp³-hybridized carbons (Fsp3) is 0.867. The van der Waals surface area contributed by atoms with Crippen molar-refractivity contribution in [1.82, 2.24) is 0 Å². The molecule has 0 aliphatic rings. The van der Waals surface area contributed by atoms with Gasteiger partial charge in [0.15, 0.2) is 0 Å². The van der Waals surface area contributed by atoms with Gasteiger partial charge < -0.3 is 4.79 Å². The molecule has 2 nitrogen and oxygen atoms in total. The molecule has 0 aliphatic heterocycles. The van der Waals surface area contributed by atoms with Crippen LogP contribution >= 0.6 is 0 Å². The highest BCUT2D eigenvalue weighted by Gasteiger charge is 2.02. The summed E-state index contributed by atoms with van der Waals surface area (Å²) >= 11 is 0. The zero-order valence-electron chi connectivity index (χ0n) is 11.6. The Morgan fingerprint density at radius 1 is 0.706 bits per heavy atom. The van der Waals surface area contributed by atoms with Gasteiger partial charge in [0.05, 0.1) is 0 Å². The van der Waals surface area contributed by atoms with Crippen LogP contribution in [0.2, 0.25) is 0 Å². The lowest BCUT2D eigenvalue weighted by Gasteiger charge is -2.01. The predicted octanol–water partition coefficient (Wildman–Crippen LogP) is 4.46. The number of ketones is 2. The smallest absolute Gasteiger partial charge is 0.132 e. The lowest BCUT2D eigenvalue weighted by Crippen LogP contribution is -1.99. The molecule has 0 bridgehead atoms.